The molecule has 0 heterocycles. The zero-order valence-electron chi connectivity index (χ0n) is 9.10. The highest BCUT2D eigenvalue weighted by atomic mass is 32.2. The minimum atomic E-state index is -1.58. The first-order valence-corrected chi connectivity index (χ1v) is 6.07. The fourth-order valence-corrected chi connectivity index (χ4v) is 2.31. The van der Waals surface area contributed by atoms with Gasteiger partial charge in [-0.25, -0.2) is 4.79 Å². The van der Waals surface area contributed by atoms with E-state index in [1.54, 1.807) is 6.92 Å². The lowest BCUT2D eigenvalue weighted by atomic mass is 10.3. The lowest BCUT2D eigenvalue weighted by molar-refractivity contribution is -0.140. The van der Waals surface area contributed by atoms with Crippen molar-refractivity contribution in [3.63, 3.8) is 0 Å². The molecule has 0 fully saturated rings. The average Bonchev–Trinajstić information content (AvgIpc) is 2.17. The van der Waals surface area contributed by atoms with Gasteiger partial charge in [-0.05, 0) is 6.42 Å². The molecular weight excluding hydrogens is 232 g/mol. The van der Waals surface area contributed by atoms with Gasteiger partial charge in [0.2, 0.25) is 5.91 Å². The second kappa shape index (κ2) is 6.95. The topological polar surface area (TPSA) is 107 Å². The van der Waals surface area contributed by atoms with Gasteiger partial charge in [-0.3, -0.25) is 9.00 Å². The van der Waals surface area contributed by atoms with Gasteiger partial charge in [-0.1, -0.05) is 6.92 Å². The van der Waals surface area contributed by atoms with Gasteiger partial charge in [-0.15, -0.1) is 0 Å². The van der Waals surface area contributed by atoms with Crippen LogP contribution in [0.1, 0.15) is 20.3 Å². The van der Waals surface area contributed by atoms with Gasteiger partial charge in [0, 0.05) is 17.7 Å². The molecule has 2 unspecified atom stereocenters. The zero-order valence-corrected chi connectivity index (χ0v) is 9.91. The molecule has 16 heavy (non-hydrogen) atoms. The van der Waals surface area contributed by atoms with Crippen molar-refractivity contribution in [1.29, 1.82) is 5.26 Å². The van der Waals surface area contributed by atoms with Crippen LogP contribution in [-0.2, 0) is 20.4 Å². The van der Waals surface area contributed by atoms with E-state index >= 15 is 0 Å². The minimum absolute atomic E-state index is 0.249. The van der Waals surface area contributed by atoms with Gasteiger partial charge >= 0.3 is 5.97 Å². The third-order valence-corrected chi connectivity index (χ3v) is 3.57. The fourth-order valence-electron chi connectivity index (χ4n) is 1.04. The maximum atomic E-state index is 11.6. The van der Waals surface area contributed by atoms with Crippen LogP contribution in [0.15, 0.2) is 0 Å². The number of carbonyl (C=O) groups is 2. The first-order valence-electron chi connectivity index (χ1n) is 4.69. The Kier molecular flexibility index (Phi) is 6.34. The van der Waals surface area contributed by atoms with Gasteiger partial charge in [0.1, 0.15) is 11.3 Å². The Bertz CT molecular complexity index is 337. The molecule has 0 bridgehead atoms. The number of aliphatic carboxylic acids is 1. The van der Waals surface area contributed by atoms with Gasteiger partial charge in [0.25, 0.3) is 0 Å². The Labute approximate surface area is 96.1 Å². The number of hydrogen-bond acceptors (Lipinski definition) is 4. The average molecular weight is 246 g/mol. The van der Waals surface area contributed by atoms with Crippen LogP contribution < -0.4 is 5.32 Å². The number of nitrogens with one attached hydrogen (secondary N) is 1. The Balaban J connectivity index is 4.52. The van der Waals surface area contributed by atoms with E-state index in [0.717, 1.165) is 0 Å². The highest BCUT2D eigenvalue weighted by Crippen LogP contribution is 2.03. The standard InChI is InChI=1S/C9H14N2O4S/c1-3-7(4-10)16(15)5-8(9(13)14)11-6(2)12/h7-8H,3,5H2,1-2H3,(H,11,12)(H,13,14)/t7?,8-,16?/m0/s1. The number of carbonyl (C=O) groups excluding carboxylic acids is 1. The SMILES string of the molecule is CCC(C#N)S(=O)C[C@H](NC(C)=O)C(=O)O. The summed E-state index contributed by atoms with van der Waals surface area (Å²) in [6.07, 6.45) is 0.384. The largest absolute Gasteiger partial charge is 0.480 e. The number of nitrogens with zero attached hydrogens (tertiary/aromatic N) is 1. The summed E-state index contributed by atoms with van der Waals surface area (Å²) in [6.45, 7) is 2.88. The van der Waals surface area contributed by atoms with Crippen LogP contribution in [0.25, 0.3) is 0 Å². The van der Waals surface area contributed by atoms with Crippen LogP contribution >= 0.6 is 0 Å². The van der Waals surface area contributed by atoms with Crippen molar-refractivity contribution in [2.24, 2.45) is 0 Å². The molecule has 1 amide bonds. The maximum Gasteiger partial charge on any atom is 0.327 e. The molecule has 0 aromatic heterocycles. The summed E-state index contributed by atoms with van der Waals surface area (Å²) in [4.78, 5) is 21.4. The number of amides is 1. The van der Waals surface area contributed by atoms with Gasteiger partial charge in [0.15, 0.2) is 0 Å². The summed E-state index contributed by atoms with van der Waals surface area (Å²) in [7, 11) is -1.58. The number of carboxylic acids is 1. The van der Waals surface area contributed by atoms with Crippen molar-refractivity contribution < 1.29 is 18.9 Å². The highest BCUT2D eigenvalue weighted by Gasteiger charge is 2.24. The van der Waals surface area contributed by atoms with Crippen LogP contribution in [0.5, 0.6) is 0 Å². The van der Waals surface area contributed by atoms with E-state index in [0.29, 0.717) is 6.42 Å². The number of carboxylic acid groups (broad SMARTS) is 1. The Morgan fingerprint density at radius 3 is 2.44 bits per heavy atom. The maximum absolute atomic E-state index is 11.6. The second-order valence-corrected chi connectivity index (χ2v) is 4.83. The summed E-state index contributed by atoms with van der Waals surface area (Å²) in [5, 5.41) is 18.9. The second-order valence-electron chi connectivity index (χ2n) is 3.16. The molecule has 0 rings (SSSR count). The molecule has 7 heteroatoms. The molecule has 0 spiro atoms. The molecule has 0 saturated heterocycles. The predicted octanol–water partition coefficient (Wildman–Crippen LogP) is -0.373. The van der Waals surface area contributed by atoms with Gasteiger partial charge in [-0.2, -0.15) is 5.26 Å². The van der Waals surface area contributed by atoms with E-state index in [1.807, 2.05) is 6.07 Å². The summed E-state index contributed by atoms with van der Waals surface area (Å²) in [6, 6.07) is 0.636. The number of nitriles is 1. The Morgan fingerprint density at radius 2 is 2.12 bits per heavy atom. The Morgan fingerprint density at radius 1 is 1.56 bits per heavy atom. The third-order valence-electron chi connectivity index (χ3n) is 1.84. The van der Waals surface area contributed by atoms with Crippen LogP contribution in [0, 0.1) is 11.3 Å². The van der Waals surface area contributed by atoms with Gasteiger partial charge < -0.3 is 10.4 Å². The van der Waals surface area contributed by atoms with Crippen LogP contribution in [0.2, 0.25) is 0 Å². The molecule has 0 aromatic carbocycles. The van der Waals surface area contributed by atoms with Crippen molar-refractivity contribution in [3.05, 3.63) is 0 Å². The first kappa shape index (κ1) is 14.6. The van der Waals surface area contributed by atoms with Crippen LogP contribution in [0.4, 0.5) is 0 Å². The third kappa shape index (κ3) is 4.89. The minimum Gasteiger partial charge on any atom is -0.480 e. The molecule has 0 aromatic rings. The number of hydrogen-bond donors (Lipinski definition) is 2. The lowest BCUT2D eigenvalue weighted by Crippen LogP contribution is -2.44. The van der Waals surface area contributed by atoms with Crippen LogP contribution in [0.3, 0.4) is 0 Å². The molecule has 0 saturated carbocycles. The monoisotopic (exact) mass is 246 g/mol. The van der Waals surface area contributed by atoms with Gasteiger partial charge in [0.05, 0.1) is 11.8 Å². The summed E-state index contributed by atoms with van der Waals surface area (Å²) >= 11 is 0. The fraction of sp³-hybridized carbons (Fsp3) is 0.667. The van der Waals surface area contributed by atoms with E-state index in [1.165, 1.54) is 6.92 Å². The van der Waals surface area contributed by atoms with E-state index in [2.05, 4.69) is 5.32 Å². The molecule has 0 aliphatic heterocycles. The van der Waals surface area contributed by atoms with Crippen molar-refractivity contribution in [2.45, 2.75) is 31.6 Å². The molecule has 2 N–H and O–H groups in total. The molecule has 3 atom stereocenters. The normalized spacial score (nSPS) is 15.6. The van der Waals surface area contributed by atoms with Crippen LogP contribution in [-0.4, -0.2) is 38.2 Å². The van der Waals surface area contributed by atoms with E-state index in [9.17, 15) is 13.8 Å². The van der Waals surface area contributed by atoms with E-state index in [-0.39, 0.29) is 5.75 Å². The van der Waals surface area contributed by atoms with Crippen molar-refractivity contribution in [1.82, 2.24) is 5.32 Å². The number of rotatable bonds is 6. The molecule has 0 radical (unpaired) electrons. The smallest absolute Gasteiger partial charge is 0.327 e. The quantitative estimate of drug-likeness (QED) is 0.664. The molecular formula is C9H14N2O4S. The van der Waals surface area contributed by atoms with Crippen molar-refractivity contribution >= 4 is 22.7 Å². The molecule has 0 aliphatic rings. The molecule has 90 valence electrons. The lowest BCUT2D eigenvalue weighted by Gasteiger charge is -2.14. The molecule has 0 aliphatic carbocycles. The van der Waals surface area contributed by atoms with E-state index in [4.69, 9.17) is 10.4 Å². The highest BCUT2D eigenvalue weighted by molar-refractivity contribution is 7.86. The first-order chi connectivity index (χ1) is 7.42. The van der Waals surface area contributed by atoms with E-state index < -0.39 is 34.0 Å². The summed E-state index contributed by atoms with van der Waals surface area (Å²) in [5.74, 6) is -2.01. The van der Waals surface area contributed by atoms with Crippen molar-refractivity contribution in [3.8, 4) is 6.07 Å². The zero-order chi connectivity index (χ0) is 12.7. The predicted molar refractivity (Wildman–Crippen MR) is 57.9 cm³/mol. The summed E-state index contributed by atoms with van der Waals surface area (Å²) < 4.78 is 11.6. The molecule has 6 nitrogen and oxygen atoms in total. The van der Waals surface area contributed by atoms with Crippen molar-refractivity contribution in [2.75, 3.05) is 5.75 Å². The summed E-state index contributed by atoms with van der Waals surface area (Å²) in [5.41, 5.74) is 0. The Hall–Kier alpha value is -1.42.